The number of carbonyl (C=O) groups excluding carboxylic acids is 3. The number of aryl methyl sites for hydroxylation is 1. The second-order valence-electron chi connectivity index (χ2n) is 9.31. The van der Waals surface area contributed by atoms with E-state index >= 15 is 0 Å². The third-order valence-electron chi connectivity index (χ3n) is 6.91. The van der Waals surface area contributed by atoms with Crippen LogP contribution < -0.4 is 5.32 Å². The zero-order valence-electron chi connectivity index (χ0n) is 21.5. The van der Waals surface area contributed by atoms with Gasteiger partial charge in [0, 0.05) is 56.1 Å². The van der Waals surface area contributed by atoms with Gasteiger partial charge < -0.3 is 15.0 Å². The molecule has 1 atom stereocenters. The van der Waals surface area contributed by atoms with Crippen molar-refractivity contribution in [1.29, 1.82) is 0 Å². The van der Waals surface area contributed by atoms with E-state index in [1.807, 2.05) is 36.1 Å². The fraction of sp³-hybridized carbons (Fsp3) is 0.393. The van der Waals surface area contributed by atoms with Crippen molar-refractivity contribution >= 4 is 29.5 Å². The molecule has 2 aliphatic heterocycles. The average molecular weight is 525 g/mol. The van der Waals surface area contributed by atoms with Crippen LogP contribution in [0.5, 0.6) is 0 Å². The topological polar surface area (TPSA) is 82.2 Å². The smallest absolute Gasteiger partial charge is 0.338 e. The number of benzene rings is 2. The van der Waals surface area contributed by atoms with E-state index in [1.54, 1.807) is 38.2 Å². The molecule has 9 heteroatoms. The van der Waals surface area contributed by atoms with Gasteiger partial charge in [0.2, 0.25) is 0 Å². The maximum absolute atomic E-state index is 13.2. The summed E-state index contributed by atoms with van der Waals surface area (Å²) in [5.41, 5.74) is 3.50. The van der Waals surface area contributed by atoms with Gasteiger partial charge in [-0.3, -0.25) is 14.6 Å². The number of amides is 3. The fourth-order valence-corrected chi connectivity index (χ4v) is 4.99. The first-order valence-electron chi connectivity index (χ1n) is 12.6. The van der Waals surface area contributed by atoms with E-state index in [4.69, 9.17) is 16.3 Å². The predicted octanol–water partition coefficient (Wildman–Crippen LogP) is 4.01. The maximum atomic E-state index is 13.2. The molecule has 1 unspecified atom stereocenters. The van der Waals surface area contributed by atoms with Crippen LogP contribution in [0.4, 0.5) is 4.79 Å². The summed E-state index contributed by atoms with van der Waals surface area (Å²) in [6, 6.07) is 13.8. The number of carbonyl (C=O) groups is 3. The summed E-state index contributed by atoms with van der Waals surface area (Å²) in [6.45, 7) is 6.88. The van der Waals surface area contributed by atoms with E-state index in [2.05, 4.69) is 10.2 Å². The first kappa shape index (κ1) is 26.7. The number of likely N-dealkylation sites (N-methyl/N-ethyl adjacent to an activating group) is 1. The predicted molar refractivity (Wildman–Crippen MR) is 142 cm³/mol. The Labute approximate surface area is 222 Å². The number of esters is 1. The number of nitrogens with one attached hydrogen (secondary N) is 1. The zero-order chi connectivity index (χ0) is 26.5. The minimum Gasteiger partial charge on any atom is -0.463 e. The van der Waals surface area contributed by atoms with Crippen molar-refractivity contribution in [2.75, 3.05) is 46.4 Å². The van der Waals surface area contributed by atoms with E-state index in [0.717, 1.165) is 24.1 Å². The van der Waals surface area contributed by atoms with Gasteiger partial charge in [-0.25, -0.2) is 9.59 Å². The second kappa shape index (κ2) is 11.8. The van der Waals surface area contributed by atoms with Crippen LogP contribution in [0.3, 0.4) is 0 Å². The minimum atomic E-state index is -0.603. The van der Waals surface area contributed by atoms with Crippen LogP contribution in [0.1, 0.15) is 40.9 Å². The van der Waals surface area contributed by atoms with E-state index in [-0.39, 0.29) is 18.5 Å². The molecule has 4 rings (SSSR count). The molecule has 2 aliphatic rings. The van der Waals surface area contributed by atoms with Crippen molar-refractivity contribution in [2.24, 2.45) is 0 Å². The Morgan fingerprint density at radius 3 is 2.49 bits per heavy atom. The van der Waals surface area contributed by atoms with Crippen molar-refractivity contribution in [2.45, 2.75) is 26.3 Å². The Kier molecular flexibility index (Phi) is 8.51. The van der Waals surface area contributed by atoms with Crippen molar-refractivity contribution in [1.82, 2.24) is 20.0 Å². The first-order valence-corrected chi connectivity index (χ1v) is 12.9. The Hall–Kier alpha value is -3.36. The van der Waals surface area contributed by atoms with Gasteiger partial charge in [-0.05, 0) is 55.7 Å². The summed E-state index contributed by atoms with van der Waals surface area (Å²) < 4.78 is 5.45. The van der Waals surface area contributed by atoms with Crippen LogP contribution in [0.2, 0.25) is 5.02 Å². The molecule has 8 nitrogen and oxygen atoms in total. The molecular weight excluding hydrogens is 492 g/mol. The first-order chi connectivity index (χ1) is 17.8. The monoisotopic (exact) mass is 524 g/mol. The highest BCUT2D eigenvalue weighted by atomic mass is 35.5. The van der Waals surface area contributed by atoms with Crippen LogP contribution in [0.15, 0.2) is 59.8 Å². The number of hydrogen-bond acceptors (Lipinski definition) is 5. The highest BCUT2D eigenvalue weighted by molar-refractivity contribution is 6.30. The molecule has 0 radical (unpaired) electrons. The SMILES string of the molecule is CCOC(=O)C1=C(CN2CCCN(C(=O)c3ccc(Cl)cc3)CC2)N(C)C(=O)NC1c1ccccc1C. The van der Waals surface area contributed by atoms with Crippen molar-refractivity contribution in [3.05, 3.63) is 81.5 Å². The molecule has 0 spiro atoms. The van der Waals surface area contributed by atoms with Gasteiger partial charge in [0.1, 0.15) is 0 Å². The molecule has 0 saturated carbocycles. The molecule has 2 heterocycles. The van der Waals surface area contributed by atoms with Crippen LogP contribution in [-0.4, -0.2) is 79.0 Å². The summed E-state index contributed by atoms with van der Waals surface area (Å²) in [6.07, 6.45) is 0.776. The normalized spacial score (nSPS) is 18.9. The summed E-state index contributed by atoms with van der Waals surface area (Å²) in [4.78, 5) is 44.8. The summed E-state index contributed by atoms with van der Waals surface area (Å²) in [5, 5.41) is 3.58. The Bertz CT molecular complexity index is 1200. The minimum absolute atomic E-state index is 0.0290. The quantitative estimate of drug-likeness (QED) is 0.577. The van der Waals surface area contributed by atoms with Gasteiger partial charge in [-0.2, -0.15) is 0 Å². The molecule has 196 valence electrons. The van der Waals surface area contributed by atoms with Crippen LogP contribution in [-0.2, 0) is 9.53 Å². The van der Waals surface area contributed by atoms with Crippen molar-refractivity contribution in [3.8, 4) is 0 Å². The Morgan fingerprint density at radius 1 is 1.05 bits per heavy atom. The molecular formula is C28H33ClN4O4. The van der Waals surface area contributed by atoms with E-state index < -0.39 is 12.0 Å². The molecule has 1 fully saturated rings. The molecule has 0 aliphatic carbocycles. The molecule has 2 aromatic rings. The third-order valence-corrected chi connectivity index (χ3v) is 7.16. The van der Waals surface area contributed by atoms with E-state index in [9.17, 15) is 14.4 Å². The third kappa shape index (κ3) is 5.97. The zero-order valence-corrected chi connectivity index (χ0v) is 22.3. The summed E-state index contributed by atoms with van der Waals surface area (Å²) in [5.74, 6) is -0.467. The van der Waals surface area contributed by atoms with E-state index in [1.165, 1.54) is 4.90 Å². The lowest BCUT2D eigenvalue weighted by Crippen LogP contribution is -2.49. The lowest BCUT2D eigenvalue weighted by atomic mass is 9.91. The van der Waals surface area contributed by atoms with Gasteiger partial charge in [-0.15, -0.1) is 0 Å². The fourth-order valence-electron chi connectivity index (χ4n) is 4.86. The lowest BCUT2D eigenvalue weighted by molar-refractivity contribution is -0.139. The van der Waals surface area contributed by atoms with Gasteiger partial charge >= 0.3 is 12.0 Å². The molecule has 0 bridgehead atoms. The summed E-state index contributed by atoms with van der Waals surface area (Å²) >= 11 is 5.97. The van der Waals surface area contributed by atoms with Gasteiger partial charge in [0.05, 0.1) is 18.2 Å². The molecule has 3 amide bonds. The number of ether oxygens (including phenoxy) is 1. The number of urea groups is 1. The maximum Gasteiger partial charge on any atom is 0.338 e. The van der Waals surface area contributed by atoms with Crippen molar-refractivity contribution < 1.29 is 19.1 Å². The Morgan fingerprint density at radius 2 is 1.78 bits per heavy atom. The standard InChI is InChI=1S/C28H33ClN4O4/c1-4-37-27(35)24-23(31(3)28(36)30-25(24)22-9-6-5-8-19(22)2)18-32-14-7-15-33(17-16-32)26(34)20-10-12-21(29)13-11-20/h5-6,8-13,25H,4,7,14-18H2,1-3H3,(H,30,36). The largest absolute Gasteiger partial charge is 0.463 e. The molecule has 0 aromatic heterocycles. The van der Waals surface area contributed by atoms with Crippen LogP contribution in [0.25, 0.3) is 0 Å². The number of halogens is 1. The van der Waals surface area contributed by atoms with Gasteiger partial charge in [-0.1, -0.05) is 35.9 Å². The molecule has 1 saturated heterocycles. The molecule has 2 aromatic carbocycles. The number of nitrogens with zero attached hydrogens (tertiary/aromatic N) is 3. The van der Waals surface area contributed by atoms with E-state index in [0.29, 0.717) is 48.0 Å². The second-order valence-corrected chi connectivity index (χ2v) is 9.74. The molecule has 37 heavy (non-hydrogen) atoms. The average Bonchev–Trinajstić information content (AvgIpc) is 3.13. The number of hydrogen-bond donors (Lipinski definition) is 1. The van der Waals surface area contributed by atoms with Crippen LogP contribution in [0, 0.1) is 6.92 Å². The van der Waals surface area contributed by atoms with Gasteiger partial charge in [0.25, 0.3) is 5.91 Å². The van der Waals surface area contributed by atoms with Crippen LogP contribution >= 0.6 is 11.6 Å². The van der Waals surface area contributed by atoms with Gasteiger partial charge in [0.15, 0.2) is 0 Å². The van der Waals surface area contributed by atoms with Crippen molar-refractivity contribution in [3.63, 3.8) is 0 Å². The summed E-state index contributed by atoms with van der Waals surface area (Å²) in [7, 11) is 1.67. The lowest BCUT2D eigenvalue weighted by Gasteiger charge is -2.37. The number of rotatable bonds is 6. The highest BCUT2D eigenvalue weighted by Crippen LogP contribution is 2.33. The molecule has 1 N–H and O–H groups in total. The highest BCUT2D eigenvalue weighted by Gasteiger charge is 2.38. The Balaban J connectivity index is 1.59.